The molecular formula is C19H40O6Si2. The van der Waals surface area contributed by atoms with E-state index in [4.69, 9.17) is 27.2 Å². The monoisotopic (exact) mass is 420 g/mol. The van der Waals surface area contributed by atoms with Crippen molar-refractivity contribution in [1.82, 2.24) is 0 Å². The maximum Gasteiger partial charge on any atom is 0.335 e. The van der Waals surface area contributed by atoms with Gasteiger partial charge in [-0.15, -0.1) is 0 Å². The predicted molar refractivity (Wildman–Crippen MR) is 110 cm³/mol. The molecule has 0 radical (unpaired) electrons. The fourth-order valence-electron chi connectivity index (χ4n) is 4.54. The molecule has 27 heavy (non-hydrogen) atoms. The molecule has 2 saturated heterocycles. The van der Waals surface area contributed by atoms with Crippen LogP contribution in [0.4, 0.5) is 0 Å². The van der Waals surface area contributed by atoms with Gasteiger partial charge < -0.3 is 27.2 Å². The van der Waals surface area contributed by atoms with Gasteiger partial charge in [0.2, 0.25) is 0 Å². The van der Waals surface area contributed by atoms with Crippen LogP contribution in [-0.4, -0.2) is 62.6 Å². The maximum absolute atomic E-state index is 7.16. The molecule has 0 aliphatic carbocycles. The number of ether oxygens (including phenoxy) is 3. The van der Waals surface area contributed by atoms with Gasteiger partial charge >= 0.3 is 17.1 Å². The maximum atomic E-state index is 7.16. The summed E-state index contributed by atoms with van der Waals surface area (Å²) in [6.45, 7) is 18.2. The van der Waals surface area contributed by atoms with Gasteiger partial charge in [0.25, 0.3) is 0 Å². The highest BCUT2D eigenvalue weighted by molar-refractivity contribution is 6.83. The summed E-state index contributed by atoms with van der Waals surface area (Å²) in [6, 6.07) is 0. The lowest BCUT2D eigenvalue weighted by atomic mass is 10.1. The summed E-state index contributed by atoms with van der Waals surface area (Å²) in [4.78, 5) is 0. The summed E-state index contributed by atoms with van der Waals surface area (Å²) in [6.07, 6.45) is -1.20. The molecule has 8 heteroatoms. The molecule has 2 rings (SSSR count). The van der Waals surface area contributed by atoms with Crippen molar-refractivity contribution in [2.75, 3.05) is 20.8 Å². The molecule has 0 saturated carbocycles. The minimum absolute atomic E-state index is 0.211. The van der Waals surface area contributed by atoms with E-state index in [9.17, 15) is 0 Å². The van der Waals surface area contributed by atoms with E-state index in [2.05, 4.69) is 55.4 Å². The van der Waals surface area contributed by atoms with E-state index < -0.39 is 23.4 Å². The standard InChI is InChI=1S/C19H40O6Si2/c1-12(2)26(13(3)4)22-11-16-17(18(20-9)19(21-10)23-16)24-27(25-26,14(5)6)15(7)8/h12-19H,11H2,1-10H3/t16-,17-,18+,19+/m1/s1. The van der Waals surface area contributed by atoms with Gasteiger partial charge in [-0.05, 0) is 22.2 Å². The molecule has 0 spiro atoms. The van der Waals surface area contributed by atoms with E-state index in [1.54, 1.807) is 14.2 Å². The fraction of sp³-hybridized carbons (Fsp3) is 1.00. The van der Waals surface area contributed by atoms with Crippen LogP contribution < -0.4 is 0 Å². The van der Waals surface area contributed by atoms with Crippen molar-refractivity contribution in [1.29, 1.82) is 0 Å². The molecule has 6 nitrogen and oxygen atoms in total. The third-order valence-corrected chi connectivity index (χ3v) is 16.4. The van der Waals surface area contributed by atoms with Gasteiger partial charge in [-0.2, -0.15) is 0 Å². The van der Waals surface area contributed by atoms with E-state index in [-0.39, 0.29) is 29.4 Å². The summed E-state index contributed by atoms with van der Waals surface area (Å²) in [5.41, 5.74) is 1.20. The zero-order valence-electron chi connectivity index (χ0n) is 18.8. The topological polar surface area (TPSA) is 55.4 Å². The molecule has 0 amide bonds. The van der Waals surface area contributed by atoms with Crippen molar-refractivity contribution in [3.63, 3.8) is 0 Å². The Labute approximate surface area is 167 Å². The molecule has 0 N–H and O–H groups in total. The second-order valence-electron chi connectivity index (χ2n) is 9.04. The zero-order chi connectivity index (χ0) is 20.6. The lowest BCUT2D eigenvalue weighted by Gasteiger charge is -2.51. The second kappa shape index (κ2) is 8.91. The molecule has 2 aliphatic rings. The highest BCUT2D eigenvalue weighted by atomic mass is 28.5. The first kappa shape index (κ1) is 23.5. The summed E-state index contributed by atoms with van der Waals surface area (Å²) >= 11 is 0. The Morgan fingerprint density at radius 1 is 0.778 bits per heavy atom. The molecular weight excluding hydrogens is 380 g/mol. The van der Waals surface area contributed by atoms with Gasteiger partial charge in [0, 0.05) is 14.2 Å². The van der Waals surface area contributed by atoms with Crippen LogP contribution in [0, 0.1) is 0 Å². The molecule has 2 heterocycles. The second-order valence-corrected chi connectivity index (χ2v) is 17.9. The van der Waals surface area contributed by atoms with Gasteiger partial charge in [0.1, 0.15) is 18.3 Å². The average Bonchev–Trinajstić information content (AvgIpc) is 2.89. The number of fused-ring (bicyclic) bond motifs is 1. The van der Waals surface area contributed by atoms with Crippen molar-refractivity contribution < 1.29 is 27.2 Å². The van der Waals surface area contributed by atoms with E-state index in [0.717, 1.165) is 0 Å². The molecule has 0 aromatic heterocycles. The largest absolute Gasteiger partial charge is 0.414 e. The Morgan fingerprint density at radius 2 is 1.30 bits per heavy atom. The molecule has 160 valence electrons. The van der Waals surface area contributed by atoms with Crippen molar-refractivity contribution in [3.8, 4) is 0 Å². The third-order valence-electron chi connectivity index (χ3n) is 6.10. The van der Waals surface area contributed by atoms with Crippen LogP contribution in [0.25, 0.3) is 0 Å². The van der Waals surface area contributed by atoms with E-state index in [1.807, 2.05) is 0 Å². The van der Waals surface area contributed by atoms with Crippen molar-refractivity contribution >= 4 is 17.1 Å². The smallest absolute Gasteiger partial charge is 0.335 e. The quantitative estimate of drug-likeness (QED) is 0.596. The Hall–Kier alpha value is 0.194. The number of methoxy groups -OCH3 is 2. The average molecular weight is 421 g/mol. The van der Waals surface area contributed by atoms with Crippen LogP contribution in [0.5, 0.6) is 0 Å². The highest BCUT2D eigenvalue weighted by Crippen LogP contribution is 2.47. The first-order valence-corrected chi connectivity index (χ1v) is 14.2. The predicted octanol–water partition coefficient (Wildman–Crippen LogP) is 4.33. The zero-order valence-corrected chi connectivity index (χ0v) is 20.8. The van der Waals surface area contributed by atoms with Crippen molar-refractivity contribution in [3.05, 3.63) is 0 Å². The van der Waals surface area contributed by atoms with Crippen LogP contribution >= 0.6 is 0 Å². The lowest BCUT2D eigenvalue weighted by Crippen LogP contribution is -2.66. The van der Waals surface area contributed by atoms with Gasteiger partial charge in [-0.3, -0.25) is 0 Å². The van der Waals surface area contributed by atoms with Gasteiger partial charge in [0.05, 0.1) is 6.61 Å². The molecule has 0 unspecified atom stereocenters. The fourth-order valence-corrected chi connectivity index (χ4v) is 15.8. The molecule has 0 bridgehead atoms. The van der Waals surface area contributed by atoms with Crippen LogP contribution in [0.2, 0.25) is 22.2 Å². The summed E-state index contributed by atoms with van der Waals surface area (Å²) in [7, 11) is -1.85. The summed E-state index contributed by atoms with van der Waals surface area (Å²) < 4.78 is 38.2. The first-order valence-electron chi connectivity index (χ1n) is 10.3. The normalized spacial score (nSPS) is 33.6. The van der Waals surface area contributed by atoms with Gasteiger partial charge in [-0.25, -0.2) is 0 Å². The van der Waals surface area contributed by atoms with Crippen LogP contribution in [0.15, 0.2) is 0 Å². The Morgan fingerprint density at radius 3 is 1.70 bits per heavy atom. The minimum atomic E-state index is -2.65. The highest BCUT2D eigenvalue weighted by Gasteiger charge is 2.61. The van der Waals surface area contributed by atoms with E-state index >= 15 is 0 Å². The number of hydrogen-bond donors (Lipinski definition) is 0. The van der Waals surface area contributed by atoms with Gasteiger partial charge in [0.15, 0.2) is 6.29 Å². The van der Waals surface area contributed by atoms with Crippen LogP contribution in [-0.2, 0) is 27.2 Å². The summed E-state index contributed by atoms with van der Waals surface area (Å²) in [5, 5.41) is 0. The molecule has 0 aromatic rings. The van der Waals surface area contributed by atoms with Crippen molar-refractivity contribution in [2.24, 2.45) is 0 Å². The van der Waals surface area contributed by atoms with Crippen LogP contribution in [0.3, 0.4) is 0 Å². The first-order chi connectivity index (χ1) is 12.6. The van der Waals surface area contributed by atoms with Gasteiger partial charge in [-0.1, -0.05) is 55.4 Å². The minimum Gasteiger partial charge on any atom is -0.414 e. The Balaban J connectivity index is 2.54. The lowest BCUT2D eigenvalue weighted by molar-refractivity contribution is -0.158. The molecule has 2 fully saturated rings. The number of hydrogen-bond acceptors (Lipinski definition) is 6. The molecule has 2 aliphatic heterocycles. The Bertz CT molecular complexity index is 469. The van der Waals surface area contributed by atoms with E-state index in [1.165, 1.54) is 0 Å². The summed E-state index contributed by atoms with van der Waals surface area (Å²) in [5.74, 6) is 0. The SMILES string of the molecule is CO[C@H]1O[C@@H]2CO[Si](C(C)C)(C(C)C)O[Si](C(C)C)(C(C)C)O[C@H]2[C@@H]1OC. The van der Waals surface area contributed by atoms with Crippen LogP contribution in [0.1, 0.15) is 55.4 Å². The molecule has 0 aromatic carbocycles. The third kappa shape index (κ3) is 4.09. The Kier molecular flexibility index (Phi) is 7.75. The molecule has 4 atom stereocenters. The van der Waals surface area contributed by atoms with E-state index in [0.29, 0.717) is 17.7 Å². The van der Waals surface area contributed by atoms with Crippen molar-refractivity contribution in [2.45, 2.75) is 102 Å². The number of rotatable bonds is 6.